The van der Waals surface area contributed by atoms with Gasteiger partial charge >= 0.3 is 0 Å². The molecule has 1 aromatic rings. The molecule has 0 amide bonds. The summed E-state index contributed by atoms with van der Waals surface area (Å²) in [5, 5.41) is 0. The zero-order chi connectivity index (χ0) is 7.90. The van der Waals surface area contributed by atoms with Crippen molar-refractivity contribution in [3.8, 4) is 0 Å². The molecule has 0 unspecified atom stereocenters. The van der Waals surface area contributed by atoms with E-state index in [2.05, 4.69) is 19.1 Å². The summed E-state index contributed by atoms with van der Waals surface area (Å²) in [5.41, 5.74) is 6.12. The Hall–Kier alpha value is -0.340. The first-order chi connectivity index (χ1) is 5.27. The molecular formula is C9H13NS. The monoisotopic (exact) mass is 167 g/mol. The van der Waals surface area contributed by atoms with Crippen LogP contribution in [-0.2, 0) is 5.41 Å². The van der Waals surface area contributed by atoms with Gasteiger partial charge in [-0.25, -0.2) is 0 Å². The van der Waals surface area contributed by atoms with Gasteiger partial charge in [0, 0.05) is 21.7 Å². The number of aryl methyl sites for hydroxylation is 1. The number of nitrogens with two attached hydrogens (primary N) is 1. The van der Waals surface area contributed by atoms with Crippen LogP contribution in [-0.4, -0.2) is 6.54 Å². The molecule has 1 aliphatic carbocycles. The molecule has 0 spiro atoms. The highest BCUT2D eigenvalue weighted by molar-refractivity contribution is 7.12. The van der Waals surface area contributed by atoms with E-state index in [0.29, 0.717) is 5.41 Å². The van der Waals surface area contributed by atoms with Gasteiger partial charge in [0.15, 0.2) is 0 Å². The second-order valence-electron chi connectivity index (χ2n) is 3.39. The van der Waals surface area contributed by atoms with Crippen LogP contribution < -0.4 is 5.73 Å². The van der Waals surface area contributed by atoms with Crippen molar-refractivity contribution in [2.45, 2.75) is 25.2 Å². The number of hydrogen-bond donors (Lipinski definition) is 1. The van der Waals surface area contributed by atoms with Crippen molar-refractivity contribution < 1.29 is 0 Å². The zero-order valence-corrected chi connectivity index (χ0v) is 7.58. The first-order valence-electron chi connectivity index (χ1n) is 4.04. The van der Waals surface area contributed by atoms with Crippen LogP contribution in [0.15, 0.2) is 12.1 Å². The highest BCUT2D eigenvalue weighted by atomic mass is 32.1. The van der Waals surface area contributed by atoms with Gasteiger partial charge in [0.25, 0.3) is 0 Å². The smallest absolute Gasteiger partial charge is 0.0170 e. The lowest BCUT2D eigenvalue weighted by Gasteiger charge is -2.07. The van der Waals surface area contributed by atoms with Crippen molar-refractivity contribution in [3.63, 3.8) is 0 Å². The molecule has 1 aliphatic rings. The summed E-state index contributed by atoms with van der Waals surface area (Å²) < 4.78 is 0. The minimum atomic E-state index is 0.402. The summed E-state index contributed by atoms with van der Waals surface area (Å²) in [5.74, 6) is 0. The summed E-state index contributed by atoms with van der Waals surface area (Å²) in [4.78, 5) is 2.90. The van der Waals surface area contributed by atoms with E-state index in [1.165, 1.54) is 22.6 Å². The Morgan fingerprint density at radius 3 is 2.64 bits per heavy atom. The summed E-state index contributed by atoms with van der Waals surface area (Å²) in [7, 11) is 0. The first-order valence-corrected chi connectivity index (χ1v) is 4.85. The molecule has 0 saturated heterocycles. The van der Waals surface area contributed by atoms with Gasteiger partial charge in [-0.2, -0.15) is 0 Å². The van der Waals surface area contributed by atoms with Gasteiger partial charge in [-0.1, -0.05) is 0 Å². The van der Waals surface area contributed by atoms with Gasteiger partial charge in [0.1, 0.15) is 0 Å². The lowest BCUT2D eigenvalue weighted by Crippen LogP contribution is -2.18. The van der Waals surface area contributed by atoms with Crippen molar-refractivity contribution >= 4 is 11.3 Å². The Bertz CT molecular complexity index is 260. The fourth-order valence-electron chi connectivity index (χ4n) is 1.42. The average molecular weight is 167 g/mol. The molecule has 1 heterocycles. The fourth-order valence-corrected chi connectivity index (χ4v) is 2.54. The quantitative estimate of drug-likeness (QED) is 0.716. The maximum atomic E-state index is 5.72. The highest BCUT2D eigenvalue weighted by Gasteiger charge is 2.43. The Kier molecular flexibility index (Phi) is 1.55. The molecule has 0 bridgehead atoms. The van der Waals surface area contributed by atoms with Crippen molar-refractivity contribution in [2.24, 2.45) is 5.73 Å². The normalized spacial score (nSPS) is 20.2. The minimum absolute atomic E-state index is 0.402. The van der Waals surface area contributed by atoms with E-state index in [-0.39, 0.29) is 0 Å². The highest BCUT2D eigenvalue weighted by Crippen LogP contribution is 2.49. The van der Waals surface area contributed by atoms with Crippen molar-refractivity contribution in [1.82, 2.24) is 0 Å². The van der Waals surface area contributed by atoms with E-state index >= 15 is 0 Å². The largest absolute Gasteiger partial charge is 0.330 e. The lowest BCUT2D eigenvalue weighted by molar-refractivity contribution is 0.720. The maximum absolute atomic E-state index is 5.72. The standard InChI is InChI=1S/C9H13NS/c1-7-2-3-8(11-7)9(6-10)4-5-9/h2-3H,4-6,10H2,1H3. The van der Waals surface area contributed by atoms with Crippen LogP contribution in [0.3, 0.4) is 0 Å². The molecule has 2 N–H and O–H groups in total. The van der Waals surface area contributed by atoms with Crippen LogP contribution in [0, 0.1) is 6.92 Å². The van der Waals surface area contributed by atoms with E-state index < -0.39 is 0 Å². The van der Waals surface area contributed by atoms with E-state index in [0.717, 1.165) is 6.54 Å². The zero-order valence-electron chi connectivity index (χ0n) is 6.76. The molecule has 11 heavy (non-hydrogen) atoms. The molecule has 0 aliphatic heterocycles. The van der Waals surface area contributed by atoms with Gasteiger partial charge in [-0.3, -0.25) is 0 Å². The van der Waals surface area contributed by atoms with Gasteiger partial charge in [-0.15, -0.1) is 11.3 Å². The summed E-state index contributed by atoms with van der Waals surface area (Å²) in [6.45, 7) is 2.98. The molecular weight excluding hydrogens is 154 g/mol. The Morgan fingerprint density at radius 1 is 1.55 bits per heavy atom. The Morgan fingerprint density at radius 2 is 2.27 bits per heavy atom. The molecule has 1 saturated carbocycles. The minimum Gasteiger partial charge on any atom is -0.330 e. The predicted molar refractivity (Wildman–Crippen MR) is 49.0 cm³/mol. The third-order valence-corrected chi connectivity index (χ3v) is 3.75. The topological polar surface area (TPSA) is 26.0 Å². The van der Waals surface area contributed by atoms with Gasteiger partial charge < -0.3 is 5.73 Å². The Labute approximate surface area is 71.2 Å². The number of thiophene rings is 1. The first kappa shape index (κ1) is 7.32. The third-order valence-electron chi connectivity index (χ3n) is 2.51. The predicted octanol–water partition coefficient (Wildman–Crippen LogP) is 2.05. The van der Waals surface area contributed by atoms with E-state index in [1.54, 1.807) is 0 Å². The van der Waals surface area contributed by atoms with Crippen molar-refractivity contribution in [3.05, 3.63) is 21.9 Å². The average Bonchev–Trinajstić information content (AvgIpc) is 2.70. The van der Waals surface area contributed by atoms with Gasteiger partial charge in [0.2, 0.25) is 0 Å². The summed E-state index contributed by atoms with van der Waals surface area (Å²) >= 11 is 1.90. The third kappa shape index (κ3) is 1.10. The SMILES string of the molecule is Cc1ccc(C2(CN)CC2)s1. The second-order valence-corrected chi connectivity index (χ2v) is 4.68. The van der Waals surface area contributed by atoms with Crippen LogP contribution >= 0.6 is 11.3 Å². The molecule has 1 fully saturated rings. The van der Waals surface area contributed by atoms with Crippen LogP contribution in [0.25, 0.3) is 0 Å². The summed E-state index contributed by atoms with van der Waals surface area (Å²) in [6, 6.07) is 4.43. The van der Waals surface area contributed by atoms with Crippen molar-refractivity contribution in [2.75, 3.05) is 6.54 Å². The molecule has 0 aromatic carbocycles. The fraction of sp³-hybridized carbons (Fsp3) is 0.556. The van der Waals surface area contributed by atoms with E-state index in [4.69, 9.17) is 5.73 Å². The van der Waals surface area contributed by atoms with Gasteiger partial charge in [-0.05, 0) is 31.9 Å². The molecule has 2 heteroatoms. The second kappa shape index (κ2) is 2.32. The van der Waals surface area contributed by atoms with Crippen LogP contribution in [0.5, 0.6) is 0 Å². The summed E-state index contributed by atoms with van der Waals surface area (Å²) in [6.07, 6.45) is 2.59. The van der Waals surface area contributed by atoms with Gasteiger partial charge in [0.05, 0.1) is 0 Å². The van der Waals surface area contributed by atoms with E-state index in [1.807, 2.05) is 11.3 Å². The Balaban J connectivity index is 2.29. The van der Waals surface area contributed by atoms with Crippen molar-refractivity contribution in [1.29, 1.82) is 0 Å². The van der Waals surface area contributed by atoms with Crippen LogP contribution in [0.2, 0.25) is 0 Å². The number of hydrogen-bond acceptors (Lipinski definition) is 2. The van der Waals surface area contributed by atoms with Crippen LogP contribution in [0.1, 0.15) is 22.6 Å². The number of rotatable bonds is 2. The molecule has 2 rings (SSSR count). The van der Waals surface area contributed by atoms with Crippen LogP contribution in [0.4, 0.5) is 0 Å². The van der Waals surface area contributed by atoms with E-state index in [9.17, 15) is 0 Å². The molecule has 1 aromatic heterocycles. The maximum Gasteiger partial charge on any atom is 0.0170 e. The molecule has 60 valence electrons. The molecule has 1 nitrogen and oxygen atoms in total. The molecule has 0 atom stereocenters. The lowest BCUT2D eigenvalue weighted by atomic mass is 10.1. The molecule has 0 radical (unpaired) electrons.